The molecule has 0 fully saturated rings. The molecule has 3 aromatic rings. The van der Waals surface area contributed by atoms with Crippen molar-refractivity contribution in [3.05, 3.63) is 117 Å². The number of rotatable bonds is 15. The molecule has 0 radical (unpaired) electrons. The average molecular weight is 646 g/mol. The highest BCUT2D eigenvalue weighted by Crippen LogP contribution is 2.41. The number of non-ortho nitro benzene ring substituents is 1. The lowest BCUT2D eigenvalue weighted by Gasteiger charge is -2.31. The highest BCUT2D eigenvalue weighted by atomic mass is 16.6. The molecule has 0 bridgehead atoms. The van der Waals surface area contributed by atoms with Crippen molar-refractivity contribution < 1.29 is 38.9 Å². The first-order chi connectivity index (χ1) is 22.6. The molecule has 4 unspecified atom stereocenters. The van der Waals surface area contributed by atoms with Crippen LogP contribution in [0, 0.1) is 16.0 Å². The van der Waals surface area contributed by atoms with Crippen LogP contribution in [0.2, 0.25) is 0 Å². The second-order valence-corrected chi connectivity index (χ2v) is 11.2. The second kappa shape index (κ2) is 16.6. The summed E-state index contributed by atoms with van der Waals surface area (Å²) < 4.78 is 16.2. The number of nitrogens with zero attached hydrogens (tertiary/aromatic N) is 2. The van der Waals surface area contributed by atoms with Gasteiger partial charge in [0, 0.05) is 48.1 Å². The van der Waals surface area contributed by atoms with E-state index in [9.17, 15) is 29.9 Å². The molecular weight excluding hydrogens is 606 g/mol. The minimum absolute atomic E-state index is 0.00680. The van der Waals surface area contributed by atoms with Crippen LogP contribution in [0.1, 0.15) is 36.5 Å². The van der Waals surface area contributed by atoms with Gasteiger partial charge < -0.3 is 29.7 Å². The molecule has 3 N–H and O–H groups in total. The van der Waals surface area contributed by atoms with Crippen LogP contribution in [-0.2, 0) is 36.8 Å². The first-order valence-corrected chi connectivity index (χ1v) is 15.1. The molecule has 0 amide bonds. The van der Waals surface area contributed by atoms with E-state index in [1.807, 2.05) is 54.6 Å². The Kier molecular flexibility index (Phi) is 12.3. The number of benzene rings is 3. The van der Waals surface area contributed by atoms with Gasteiger partial charge in [-0.05, 0) is 42.7 Å². The average Bonchev–Trinajstić information content (AvgIpc) is 3.07. The number of aliphatic imine (C=N–C) groups is 1. The van der Waals surface area contributed by atoms with Gasteiger partial charge in [0.25, 0.3) is 5.69 Å². The van der Waals surface area contributed by atoms with Crippen LogP contribution < -0.4 is 5.32 Å². The zero-order valence-corrected chi connectivity index (χ0v) is 26.5. The molecule has 0 saturated heterocycles. The van der Waals surface area contributed by atoms with Gasteiger partial charge in [0.1, 0.15) is 12.0 Å². The molecule has 3 aromatic carbocycles. The standard InChI is InChI=1S/C35H39N3O9/c1-22-31(34(41)45-3)33(26-10-7-11-28(18-26)38(43)44)32(23(2)37-22)35(42)47-17-16-24-12-14-27(15-13-24)36-19-29(39)30(40)21-46-20-25-8-5-4-6-9-25/h4-15,18,29-31,33,36,39-40H,16-17,19-21H2,1-3H3. The van der Waals surface area contributed by atoms with Gasteiger partial charge >= 0.3 is 11.9 Å². The van der Waals surface area contributed by atoms with Gasteiger partial charge in [0.05, 0.1) is 43.5 Å². The summed E-state index contributed by atoms with van der Waals surface area (Å²) in [4.78, 5) is 41.7. The smallest absolute Gasteiger partial charge is 0.336 e. The summed E-state index contributed by atoms with van der Waals surface area (Å²) in [7, 11) is 1.23. The topological polar surface area (TPSA) is 170 Å². The predicted octanol–water partition coefficient (Wildman–Crippen LogP) is 4.35. The zero-order chi connectivity index (χ0) is 33.9. The van der Waals surface area contributed by atoms with Crippen LogP contribution in [0.3, 0.4) is 0 Å². The lowest BCUT2D eigenvalue weighted by molar-refractivity contribution is -0.384. The Hall–Kier alpha value is -4.91. The largest absolute Gasteiger partial charge is 0.468 e. The van der Waals surface area contributed by atoms with Gasteiger partial charge in [-0.2, -0.15) is 0 Å². The Morgan fingerprint density at radius 2 is 1.70 bits per heavy atom. The molecule has 1 aliphatic rings. The fourth-order valence-electron chi connectivity index (χ4n) is 5.40. The van der Waals surface area contributed by atoms with Crippen molar-refractivity contribution in [2.24, 2.45) is 10.9 Å². The van der Waals surface area contributed by atoms with E-state index in [-0.39, 0.29) is 31.0 Å². The van der Waals surface area contributed by atoms with E-state index in [1.54, 1.807) is 19.9 Å². The fourth-order valence-corrected chi connectivity index (χ4v) is 5.40. The highest BCUT2D eigenvalue weighted by molar-refractivity contribution is 6.07. The molecule has 1 heterocycles. The molecule has 1 aliphatic heterocycles. The summed E-state index contributed by atoms with van der Waals surface area (Å²) in [6, 6.07) is 22.7. The molecule has 0 spiro atoms. The Balaban J connectivity index is 1.33. The van der Waals surface area contributed by atoms with Gasteiger partial charge in [0.15, 0.2) is 0 Å². The van der Waals surface area contributed by atoms with Crippen LogP contribution in [0.15, 0.2) is 95.1 Å². The molecule has 12 heteroatoms. The number of hydrogen-bond donors (Lipinski definition) is 3. The maximum Gasteiger partial charge on any atom is 0.336 e. The summed E-state index contributed by atoms with van der Waals surface area (Å²) in [5.74, 6) is -3.15. The van der Waals surface area contributed by atoms with Gasteiger partial charge in [-0.1, -0.05) is 54.6 Å². The quantitative estimate of drug-likeness (QED) is 0.123. The third kappa shape index (κ3) is 9.32. The first kappa shape index (κ1) is 35.0. The number of esters is 2. The van der Waals surface area contributed by atoms with E-state index in [0.717, 1.165) is 16.8 Å². The highest BCUT2D eigenvalue weighted by Gasteiger charge is 2.42. The van der Waals surface area contributed by atoms with E-state index >= 15 is 0 Å². The molecular formula is C35H39N3O9. The lowest BCUT2D eigenvalue weighted by Crippen LogP contribution is -2.36. The Morgan fingerprint density at radius 1 is 0.979 bits per heavy atom. The number of anilines is 1. The molecule has 248 valence electrons. The van der Waals surface area contributed by atoms with Crippen molar-refractivity contribution in [2.75, 3.05) is 32.2 Å². The third-order valence-corrected chi connectivity index (χ3v) is 7.88. The molecule has 4 atom stereocenters. The number of nitrogens with one attached hydrogen (secondary N) is 1. The van der Waals surface area contributed by atoms with Crippen molar-refractivity contribution in [1.82, 2.24) is 0 Å². The molecule has 47 heavy (non-hydrogen) atoms. The van der Waals surface area contributed by atoms with Crippen LogP contribution in [-0.4, -0.2) is 71.9 Å². The minimum atomic E-state index is -1.06. The van der Waals surface area contributed by atoms with Gasteiger partial charge in [-0.3, -0.25) is 19.9 Å². The van der Waals surface area contributed by atoms with Crippen molar-refractivity contribution in [3.63, 3.8) is 0 Å². The summed E-state index contributed by atoms with van der Waals surface area (Å²) in [6.07, 6.45) is -1.71. The van der Waals surface area contributed by atoms with E-state index in [1.165, 1.54) is 25.3 Å². The number of carbonyl (C=O) groups excluding carboxylic acids is 2. The van der Waals surface area contributed by atoms with Crippen LogP contribution in [0.25, 0.3) is 0 Å². The Labute approximate surface area is 272 Å². The minimum Gasteiger partial charge on any atom is -0.468 e. The number of nitro benzene ring substituents is 1. The number of methoxy groups -OCH3 is 1. The number of nitro groups is 1. The van der Waals surface area contributed by atoms with E-state index in [2.05, 4.69) is 10.3 Å². The number of ether oxygens (including phenoxy) is 3. The maximum absolute atomic E-state index is 13.5. The number of allylic oxidation sites excluding steroid dienone is 1. The summed E-state index contributed by atoms with van der Waals surface area (Å²) in [5.41, 5.74) is 3.73. The molecule has 4 rings (SSSR count). The zero-order valence-electron chi connectivity index (χ0n) is 26.5. The number of carbonyl (C=O) groups is 2. The Morgan fingerprint density at radius 3 is 2.38 bits per heavy atom. The van der Waals surface area contributed by atoms with Crippen LogP contribution >= 0.6 is 0 Å². The number of hydrogen-bond acceptors (Lipinski definition) is 11. The molecule has 0 saturated carbocycles. The first-order valence-electron chi connectivity index (χ1n) is 15.1. The fraction of sp³-hybridized carbons (Fsp3) is 0.343. The maximum atomic E-state index is 13.5. The SMILES string of the molecule is COC(=O)C1C(C)=NC(C)=C(C(=O)OCCc2ccc(NCC(O)C(O)COCc3ccccc3)cc2)C1c1cccc([N+](=O)[O-])c1. The summed E-state index contributed by atoms with van der Waals surface area (Å²) in [6.45, 7) is 3.77. The summed E-state index contributed by atoms with van der Waals surface area (Å²) >= 11 is 0. The van der Waals surface area contributed by atoms with Crippen molar-refractivity contribution >= 4 is 29.0 Å². The molecule has 0 aromatic heterocycles. The van der Waals surface area contributed by atoms with Crippen molar-refractivity contribution in [3.8, 4) is 0 Å². The van der Waals surface area contributed by atoms with Gasteiger partial charge in [-0.25, -0.2) is 4.79 Å². The van der Waals surface area contributed by atoms with E-state index < -0.39 is 40.9 Å². The van der Waals surface area contributed by atoms with E-state index in [4.69, 9.17) is 14.2 Å². The Bertz CT molecular complexity index is 1610. The predicted molar refractivity (Wildman–Crippen MR) is 175 cm³/mol. The van der Waals surface area contributed by atoms with Crippen molar-refractivity contribution in [1.29, 1.82) is 0 Å². The summed E-state index contributed by atoms with van der Waals surface area (Å²) in [5, 5.41) is 35.1. The second-order valence-electron chi connectivity index (χ2n) is 11.2. The van der Waals surface area contributed by atoms with Crippen molar-refractivity contribution in [2.45, 2.75) is 45.0 Å². The molecule has 0 aliphatic carbocycles. The van der Waals surface area contributed by atoms with Gasteiger partial charge in [0.2, 0.25) is 0 Å². The van der Waals surface area contributed by atoms with E-state index in [0.29, 0.717) is 30.0 Å². The van der Waals surface area contributed by atoms with Crippen LogP contribution in [0.4, 0.5) is 11.4 Å². The third-order valence-electron chi connectivity index (χ3n) is 7.88. The molecule has 12 nitrogen and oxygen atoms in total. The number of aliphatic hydroxyl groups excluding tert-OH is 2. The van der Waals surface area contributed by atoms with Gasteiger partial charge in [-0.15, -0.1) is 0 Å². The number of aliphatic hydroxyl groups is 2. The monoisotopic (exact) mass is 645 g/mol. The van der Waals surface area contributed by atoms with Crippen LogP contribution in [0.5, 0.6) is 0 Å². The normalized spacial score (nSPS) is 17.3. The lowest BCUT2D eigenvalue weighted by atomic mass is 9.75.